The second kappa shape index (κ2) is 63.1. The summed E-state index contributed by atoms with van der Waals surface area (Å²) in [5.74, 6) is -0.928. The predicted octanol–water partition coefficient (Wildman–Crippen LogP) is 21.4. The average Bonchev–Trinajstić information content (AvgIpc) is 3.42. The first-order valence-electron chi connectivity index (χ1n) is 31.2. The van der Waals surface area contributed by atoms with Crippen molar-refractivity contribution in [3.05, 3.63) is 134 Å². The Bertz CT molecular complexity index is 1630. The first kappa shape index (κ1) is 71.5. The first-order chi connectivity index (χ1) is 37.5. The summed E-state index contributed by atoms with van der Waals surface area (Å²) >= 11 is 0. The summed E-state index contributed by atoms with van der Waals surface area (Å²) in [6.07, 6.45) is 89.0. The summed E-state index contributed by atoms with van der Waals surface area (Å²) in [5, 5.41) is 0. The third kappa shape index (κ3) is 60.4. The number of rotatable bonds is 55. The Hall–Kier alpha value is -4.45. The fourth-order valence-corrected chi connectivity index (χ4v) is 8.30. The van der Waals surface area contributed by atoms with Crippen LogP contribution in [0.3, 0.4) is 0 Å². The third-order valence-electron chi connectivity index (χ3n) is 12.9. The smallest absolute Gasteiger partial charge is 0.306 e. The van der Waals surface area contributed by atoms with Crippen molar-refractivity contribution in [2.75, 3.05) is 13.2 Å². The van der Waals surface area contributed by atoms with Crippen molar-refractivity contribution in [3.63, 3.8) is 0 Å². The van der Waals surface area contributed by atoms with Crippen molar-refractivity contribution in [2.24, 2.45) is 0 Å². The summed E-state index contributed by atoms with van der Waals surface area (Å²) < 4.78 is 16.8. The number of carbonyl (C=O) groups is 3. The molecule has 0 aromatic heterocycles. The Balaban J connectivity index is 4.16. The molecule has 0 aliphatic heterocycles. The minimum absolute atomic E-state index is 0.0913. The van der Waals surface area contributed by atoms with Crippen LogP contribution in [0, 0.1) is 0 Å². The maximum atomic E-state index is 12.8. The van der Waals surface area contributed by atoms with E-state index in [0.717, 1.165) is 141 Å². The lowest BCUT2D eigenvalue weighted by molar-refractivity contribution is -0.167. The monoisotopic (exact) mass is 1050 g/mol. The molecule has 0 aliphatic carbocycles. The fourth-order valence-electron chi connectivity index (χ4n) is 8.30. The van der Waals surface area contributed by atoms with Gasteiger partial charge in [-0.3, -0.25) is 14.4 Å². The van der Waals surface area contributed by atoms with Gasteiger partial charge in [-0.25, -0.2) is 0 Å². The lowest BCUT2D eigenvalue weighted by Crippen LogP contribution is -2.30. The summed E-state index contributed by atoms with van der Waals surface area (Å²) in [7, 11) is 0. The number of hydrogen-bond donors (Lipinski definition) is 0. The van der Waals surface area contributed by atoms with E-state index in [2.05, 4.69) is 154 Å². The lowest BCUT2D eigenvalue weighted by atomic mass is 10.1. The molecule has 430 valence electrons. The van der Waals surface area contributed by atoms with Crippen molar-refractivity contribution in [1.82, 2.24) is 0 Å². The molecule has 0 aliphatic rings. The molecule has 6 heteroatoms. The van der Waals surface area contributed by atoms with Gasteiger partial charge < -0.3 is 14.2 Å². The minimum Gasteiger partial charge on any atom is -0.462 e. The summed E-state index contributed by atoms with van der Waals surface area (Å²) in [4.78, 5) is 38.1. The molecule has 0 aromatic carbocycles. The molecule has 0 rings (SSSR count). The zero-order chi connectivity index (χ0) is 55.0. The van der Waals surface area contributed by atoms with Gasteiger partial charge in [0.25, 0.3) is 0 Å². The molecule has 76 heavy (non-hydrogen) atoms. The highest BCUT2D eigenvalue weighted by atomic mass is 16.6. The van der Waals surface area contributed by atoms with Gasteiger partial charge >= 0.3 is 17.9 Å². The van der Waals surface area contributed by atoms with Gasteiger partial charge in [0.05, 0.1) is 0 Å². The Morgan fingerprint density at radius 3 is 0.816 bits per heavy atom. The Morgan fingerprint density at radius 2 is 0.513 bits per heavy atom. The highest BCUT2D eigenvalue weighted by Gasteiger charge is 2.19. The molecule has 0 spiro atoms. The largest absolute Gasteiger partial charge is 0.462 e. The molecule has 0 bridgehead atoms. The van der Waals surface area contributed by atoms with Crippen LogP contribution in [-0.4, -0.2) is 37.2 Å². The fraction of sp³-hybridized carbons (Fsp3) is 0.643. The number of ether oxygens (including phenoxy) is 3. The quantitative estimate of drug-likeness (QED) is 0.0261. The van der Waals surface area contributed by atoms with Gasteiger partial charge in [0.15, 0.2) is 6.10 Å². The van der Waals surface area contributed by atoms with Crippen LogP contribution in [0.25, 0.3) is 0 Å². The molecule has 0 N–H and O–H groups in total. The maximum Gasteiger partial charge on any atom is 0.306 e. The predicted molar refractivity (Wildman–Crippen MR) is 329 cm³/mol. The van der Waals surface area contributed by atoms with Crippen LogP contribution in [0.15, 0.2) is 134 Å². The van der Waals surface area contributed by atoms with E-state index in [1.54, 1.807) is 0 Å². The number of esters is 3. The highest BCUT2D eigenvalue weighted by molar-refractivity contribution is 5.71. The lowest BCUT2D eigenvalue weighted by Gasteiger charge is -2.18. The Kier molecular flexibility index (Phi) is 59.4. The van der Waals surface area contributed by atoms with E-state index in [9.17, 15) is 14.4 Å². The van der Waals surface area contributed by atoms with Gasteiger partial charge in [-0.05, 0) is 116 Å². The summed E-state index contributed by atoms with van der Waals surface area (Å²) in [6.45, 7) is 6.37. The Morgan fingerprint density at radius 1 is 0.276 bits per heavy atom. The second-order valence-electron chi connectivity index (χ2n) is 20.2. The molecule has 1 unspecified atom stereocenters. The SMILES string of the molecule is CC/C=C\C/C=C\C/C=C\C/C=C\C/C=C\C/C=C\C/C=C\C/C=C\CCCCCCCCCCCCC(=O)OCC(COC(=O)CCCCCCCCCCCC)OC(=O)CCCCC/C=C\C/C=C\C/C=C\CC. The van der Waals surface area contributed by atoms with Crippen molar-refractivity contribution in [2.45, 2.75) is 277 Å². The molecule has 0 fully saturated rings. The summed E-state index contributed by atoms with van der Waals surface area (Å²) in [5.41, 5.74) is 0. The van der Waals surface area contributed by atoms with Crippen molar-refractivity contribution in [3.8, 4) is 0 Å². The summed E-state index contributed by atoms with van der Waals surface area (Å²) in [6, 6.07) is 0. The van der Waals surface area contributed by atoms with Gasteiger partial charge in [0.1, 0.15) is 13.2 Å². The molecule has 0 radical (unpaired) electrons. The minimum atomic E-state index is -0.795. The maximum absolute atomic E-state index is 12.8. The van der Waals surface area contributed by atoms with Gasteiger partial charge in [-0.2, -0.15) is 0 Å². The normalized spacial score (nSPS) is 13.0. The number of unbranched alkanes of at least 4 members (excludes halogenated alkanes) is 22. The highest BCUT2D eigenvalue weighted by Crippen LogP contribution is 2.15. The van der Waals surface area contributed by atoms with Gasteiger partial charge in [0, 0.05) is 19.3 Å². The number of carbonyl (C=O) groups excluding carboxylic acids is 3. The number of hydrogen-bond acceptors (Lipinski definition) is 6. The molecule has 1 atom stereocenters. The molecule has 6 nitrogen and oxygen atoms in total. The Labute approximate surface area is 468 Å². The topological polar surface area (TPSA) is 78.9 Å². The van der Waals surface area contributed by atoms with Crippen LogP contribution in [0.1, 0.15) is 271 Å². The second-order valence-corrected chi connectivity index (χ2v) is 20.2. The van der Waals surface area contributed by atoms with Gasteiger partial charge in [-0.15, -0.1) is 0 Å². The molecule has 0 saturated carbocycles. The zero-order valence-corrected chi connectivity index (χ0v) is 49.2. The molecule has 0 heterocycles. The van der Waals surface area contributed by atoms with Crippen molar-refractivity contribution in [1.29, 1.82) is 0 Å². The van der Waals surface area contributed by atoms with Gasteiger partial charge in [0.2, 0.25) is 0 Å². The zero-order valence-electron chi connectivity index (χ0n) is 49.2. The van der Waals surface area contributed by atoms with Crippen LogP contribution in [0.2, 0.25) is 0 Å². The van der Waals surface area contributed by atoms with E-state index in [-0.39, 0.29) is 31.1 Å². The van der Waals surface area contributed by atoms with E-state index in [1.807, 2.05) is 0 Å². The molecule has 0 aromatic rings. The first-order valence-corrected chi connectivity index (χ1v) is 31.2. The van der Waals surface area contributed by atoms with E-state index >= 15 is 0 Å². The van der Waals surface area contributed by atoms with Crippen LogP contribution in [-0.2, 0) is 28.6 Å². The van der Waals surface area contributed by atoms with E-state index < -0.39 is 6.10 Å². The van der Waals surface area contributed by atoms with Crippen molar-refractivity contribution < 1.29 is 28.6 Å². The third-order valence-corrected chi connectivity index (χ3v) is 12.9. The molecular formula is C70H114O6. The van der Waals surface area contributed by atoms with E-state index in [0.29, 0.717) is 19.3 Å². The van der Waals surface area contributed by atoms with E-state index in [1.165, 1.54) is 89.9 Å². The van der Waals surface area contributed by atoms with Gasteiger partial charge in [-0.1, -0.05) is 270 Å². The standard InChI is InChI=1S/C70H114O6/c1-4-7-10-13-16-19-22-24-25-26-27-28-29-30-31-32-33-34-35-36-37-38-39-40-41-42-43-44-45-47-48-51-54-57-60-63-69(72)75-66-67(65-74-68(71)62-59-56-53-50-21-18-15-12-9-6-3)76-70(73)64-61-58-55-52-49-46-23-20-17-14-11-8-5-2/h7-8,10-11,16-17,19-20,24-25,27-28,30-31,33-34,36-37,39-40,46,49,67H,4-6,9,12-15,18,21-23,26,29,32,35,38,41-45,47-48,50-66H2,1-3H3/b10-7-,11-8-,19-16-,20-17-,25-24-,28-27-,31-30-,34-33-,37-36-,40-39-,49-46-. The molecular weight excluding hydrogens is 937 g/mol. The average molecular weight is 1050 g/mol. The van der Waals surface area contributed by atoms with Crippen LogP contribution in [0.4, 0.5) is 0 Å². The van der Waals surface area contributed by atoms with Crippen LogP contribution < -0.4 is 0 Å². The van der Waals surface area contributed by atoms with Crippen molar-refractivity contribution >= 4 is 17.9 Å². The molecule has 0 amide bonds. The van der Waals surface area contributed by atoms with E-state index in [4.69, 9.17) is 14.2 Å². The van der Waals surface area contributed by atoms with Crippen LogP contribution in [0.5, 0.6) is 0 Å². The van der Waals surface area contributed by atoms with Crippen LogP contribution >= 0.6 is 0 Å². The number of allylic oxidation sites excluding steroid dienone is 22. The molecule has 0 saturated heterocycles.